The minimum atomic E-state index is 0.472. The van der Waals surface area contributed by atoms with Gasteiger partial charge in [-0.2, -0.15) is 0 Å². The van der Waals surface area contributed by atoms with Crippen LogP contribution in [0.3, 0.4) is 0 Å². The Labute approximate surface area is 111 Å². The molecule has 0 atom stereocenters. The van der Waals surface area contributed by atoms with E-state index in [1.54, 1.807) is 6.26 Å². The van der Waals surface area contributed by atoms with Gasteiger partial charge in [0.1, 0.15) is 22.6 Å². The summed E-state index contributed by atoms with van der Waals surface area (Å²) in [6.07, 6.45) is 4.05. The van der Waals surface area contributed by atoms with Crippen molar-refractivity contribution in [2.45, 2.75) is 6.42 Å². The van der Waals surface area contributed by atoms with Crippen molar-refractivity contribution >= 4 is 39.4 Å². The monoisotopic (exact) mass is 340 g/mol. The number of nitrogens with one attached hydrogen (secondary N) is 1. The molecule has 0 saturated heterocycles. The second kappa shape index (κ2) is 4.02. The van der Waals surface area contributed by atoms with Gasteiger partial charge < -0.3 is 15.1 Å². The second-order valence-electron chi connectivity index (χ2n) is 3.64. The van der Waals surface area contributed by atoms with E-state index in [9.17, 15) is 0 Å². The van der Waals surface area contributed by atoms with Crippen LogP contribution in [-0.2, 0) is 6.42 Å². The molecule has 0 saturated carbocycles. The standard InChI is InChI=1S/C11H9IN4O/c12-7-5-14-10-9(7)15-8(16-11(10)13)4-6-2-1-3-17-6/h1-3,5,14H,4H2,(H2,13,15,16). The predicted octanol–water partition coefficient (Wildman–Crippen LogP) is 2.33. The van der Waals surface area contributed by atoms with Crippen molar-refractivity contribution in [1.82, 2.24) is 15.0 Å². The highest BCUT2D eigenvalue weighted by Crippen LogP contribution is 2.22. The first kappa shape index (κ1) is 10.6. The number of rotatable bonds is 2. The topological polar surface area (TPSA) is 80.7 Å². The zero-order chi connectivity index (χ0) is 11.8. The molecule has 0 aliphatic rings. The Morgan fingerprint density at radius 2 is 2.29 bits per heavy atom. The average molecular weight is 340 g/mol. The van der Waals surface area contributed by atoms with Crippen LogP contribution in [0.2, 0.25) is 0 Å². The van der Waals surface area contributed by atoms with Crippen LogP contribution in [0.25, 0.3) is 11.0 Å². The maximum Gasteiger partial charge on any atom is 0.151 e. The molecule has 17 heavy (non-hydrogen) atoms. The number of anilines is 1. The summed E-state index contributed by atoms with van der Waals surface area (Å²) in [6, 6.07) is 3.74. The second-order valence-corrected chi connectivity index (χ2v) is 4.80. The molecule has 6 heteroatoms. The number of furan rings is 1. The van der Waals surface area contributed by atoms with E-state index >= 15 is 0 Å². The van der Waals surface area contributed by atoms with Gasteiger partial charge in [0.2, 0.25) is 0 Å². The molecular weight excluding hydrogens is 331 g/mol. The van der Waals surface area contributed by atoms with Gasteiger partial charge in [-0.1, -0.05) is 0 Å². The van der Waals surface area contributed by atoms with Crippen molar-refractivity contribution in [2.75, 3.05) is 5.73 Å². The lowest BCUT2D eigenvalue weighted by Crippen LogP contribution is -2.01. The third kappa shape index (κ3) is 1.88. The minimum absolute atomic E-state index is 0.472. The molecule has 0 spiro atoms. The Balaban J connectivity index is 2.08. The SMILES string of the molecule is Nc1nc(Cc2ccco2)nc2c(I)c[nH]c12. The number of nitrogen functional groups attached to an aromatic ring is 1. The van der Waals surface area contributed by atoms with Crippen LogP contribution in [0.1, 0.15) is 11.6 Å². The lowest BCUT2D eigenvalue weighted by molar-refractivity contribution is 0.517. The van der Waals surface area contributed by atoms with E-state index in [0.717, 1.165) is 20.4 Å². The van der Waals surface area contributed by atoms with Crippen LogP contribution in [0.4, 0.5) is 5.82 Å². The number of nitrogens with zero attached hydrogens (tertiary/aromatic N) is 2. The molecule has 3 aromatic heterocycles. The number of aromatic amines is 1. The van der Waals surface area contributed by atoms with Gasteiger partial charge in [0.25, 0.3) is 0 Å². The highest BCUT2D eigenvalue weighted by atomic mass is 127. The van der Waals surface area contributed by atoms with Gasteiger partial charge in [0.15, 0.2) is 5.82 Å². The lowest BCUT2D eigenvalue weighted by Gasteiger charge is -2.01. The third-order valence-corrected chi connectivity index (χ3v) is 3.29. The molecule has 0 aliphatic carbocycles. The lowest BCUT2D eigenvalue weighted by atomic mass is 10.3. The van der Waals surface area contributed by atoms with Gasteiger partial charge in [0.05, 0.1) is 16.3 Å². The smallest absolute Gasteiger partial charge is 0.151 e. The molecule has 3 rings (SSSR count). The van der Waals surface area contributed by atoms with Crippen molar-refractivity contribution in [2.24, 2.45) is 0 Å². The summed E-state index contributed by atoms with van der Waals surface area (Å²) in [5.74, 6) is 1.97. The highest BCUT2D eigenvalue weighted by molar-refractivity contribution is 14.1. The van der Waals surface area contributed by atoms with Crippen molar-refractivity contribution in [3.8, 4) is 0 Å². The fourth-order valence-electron chi connectivity index (χ4n) is 1.69. The Hall–Kier alpha value is -1.57. The number of nitrogens with two attached hydrogens (primary N) is 1. The van der Waals surface area contributed by atoms with Crippen molar-refractivity contribution in [3.63, 3.8) is 0 Å². The maximum absolute atomic E-state index is 5.88. The van der Waals surface area contributed by atoms with Crippen molar-refractivity contribution < 1.29 is 4.42 Å². The number of aromatic nitrogens is 3. The number of hydrogen-bond acceptors (Lipinski definition) is 4. The molecule has 3 aromatic rings. The van der Waals surface area contributed by atoms with Gasteiger partial charge in [-0.3, -0.25) is 0 Å². The molecule has 0 aliphatic heterocycles. The minimum Gasteiger partial charge on any atom is -0.469 e. The first-order valence-electron chi connectivity index (χ1n) is 5.05. The summed E-state index contributed by atoms with van der Waals surface area (Å²) in [4.78, 5) is 11.8. The van der Waals surface area contributed by atoms with Crippen LogP contribution in [0.15, 0.2) is 29.0 Å². The molecule has 0 fully saturated rings. The van der Waals surface area contributed by atoms with Crippen LogP contribution in [0, 0.1) is 3.57 Å². The number of fused-ring (bicyclic) bond motifs is 1. The molecule has 5 nitrogen and oxygen atoms in total. The van der Waals surface area contributed by atoms with Crippen LogP contribution < -0.4 is 5.73 Å². The average Bonchev–Trinajstić information content (AvgIpc) is 2.90. The zero-order valence-electron chi connectivity index (χ0n) is 8.77. The molecule has 86 valence electrons. The number of hydrogen-bond donors (Lipinski definition) is 2. The van der Waals surface area contributed by atoms with Gasteiger partial charge >= 0.3 is 0 Å². The van der Waals surface area contributed by atoms with Gasteiger partial charge in [-0.25, -0.2) is 9.97 Å². The molecule has 0 amide bonds. The van der Waals surface area contributed by atoms with Crippen LogP contribution >= 0.6 is 22.6 Å². The zero-order valence-corrected chi connectivity index (χ0v) is 10.9. The Bertz CT molecular complexity index is 659. The number of halogens is 1. The summed E-state index contributed by atoms with van der Waals surface area (Å²) in [5, 5.41) is 0. The van der Waals surface area contributed by atoms with Gasteiger partial charge in [-0.05, 0) is 34.7 Å². The summed E-state index contributed by atoms with van der Waals surface area (Å²) in [6.45, 7) is 0. The fourth-order valence-corrected chi connectivity index (χ4v) is 2.24. The quantitative estimate of drug-likeness (QED) is 0.702. The summed E-state index contributed by atoms with van der Waals surface area (Å²) in [5.41, 5.74) is 7.53. The predicted molar refractivity (Wildman–Crippen MR) is 72.5 cm³/mol. The Kier molecular flexibility index (Phi) is 2.50. The van der Waals surface area contributed by atoms with Crippen LogP contribution in [-0.4, -0.2) is 15.0 Å². The first-order chi connectivity index (χ1) is 8.24. The normalized spacial score (nSPS) is 11.1. The van der Waals surface area contributed by atoms with E-state index in [-0.39, 0.29) is 0 Å². The summed E-state index contributed by atoms with van der Waals surface area (Å²) in [7, 11) is 0. The third-order valence-electron chi connectivity index (χ3n) is 2.47. The highest BCUT2D eigenvalue weighted by Gasteiger charge is 2.10. The van der Waals surface area contributed by atoms with E-state index in [4.69, 9.17) is 10.2 Å². The molecule has 0 radical (unpaired) electrons. The fraction of sp³-hybridized carbons (Fsp3) is 0.0909. The van der Waals surface area contributed by atoms with E-state index in [2.05, 4.69) is 37.5 Å². The van der Waals surface area contributed by atoms with E-state index in [0.29, 0.717) is 18.1 Å². The van der Waals surface area contributed by atoms with Gasteiger partial charge in [-0.15, -0.1) is 0 Å². The molecule has 3 heterocycles. The van der Waals surface area contributed by atoms with Crippen LogP contribution in [0.5, 0.6) is 0 Å². The maximum atomic E-state index is 5.88. The Morgan fingerprint density at radius 3 is 3.06 bits per heavy atom. The molecule has 3 N–H and O–H groups in total. The van der Waals surface area contributed by atoms with Crippen molar-refractivity contribution in [3.05, 3.63) is 39.7 Å². The molecule has 0 aromatic carbocycles. The molecule has 0 bridgehead atoms. The van der Waals surface area contributed by atoms with E-state index in [1.807, 2.05) is 18.3 Å². The summed E-state index contributed by atoms with van der Waals surface area (Å²) < 4.78 is 6.31. The molecular formula is C11H9IN4O. The largest absolute Gasteiger partial charge is 0.469 e. The van der Waals surface area contributed by atoms with Gasteiger partial charge in [0, 0.05) is 6.20 Å². The Morgan fingerprint density at radius 1 is 1.41 bits per heavy atom. The van der Waals surface area contributed by atoms with E-state index in [1.165, 1.54) is 0 Å². The van der Waals surface area contributed by atoms with Crippen molar-refractivity contribution in [1.29, 1.82) is 0 Å². The molecule has 0 unspecified atom stereocenters. The number of H-pyrrole nitrogens is 1. The first-order valence-corrected chi connectivity index (χ1v) is 6.13. The summed E-state index contributed by atoms with van der Waals surface area (Å²) >= 11 is 2.22. The van der Waals surface area contributed by atoms with E-state index < -0.39 is 0 Å².